The second-order valence-electron chi connectivity index (χ2n) is 4.91. The molecule has 6 nitrogen and oxygen atoms in total. The van der Waals surface area contributed by atoms with Crippen LogP contribution in [-0.4, -0.2) is 29.9 Å². The Kier molecular flexibility index (Phi) is 4.56. The molecule has 2 heterocycles. The lowest BCUT2D eigenvalue weighted by atomic mass is 10.1. The molecular weight excluding hydrogens is 332 g/mol. The minimum atomic E-state index is -3.57. The van der Waals surface area contributed by atoms with E-state index >= 15 is 0 Å². The van der Waals surface area contributed by atoms with E-state index in [1.165, 1.54) is 11.3 Å². The number of aromatic amines is 1. The normalized spacial score (nSPS) is 11.7. The quantitative estimate of drug-likeness (QED) is 0.716. The van der Waals surface area contributed by atoms with Gasteiger partial charge < -0.3 is 4.98 Å². The first-order valence-electron chi connectivity index (χ1n) is 7.10. The van der Waals surface area contributed by atoms with Crippen LogP contribution in [0, 0.1) is 0 Å². The van der Waals surface area contributed by atoms with Gasteiger partial charge in [0.1, 0.15) is 5.82 Å². The molecule has 0 fully saturated rings. The Hall–Kier alpha value is -2.03. The highest BCUT2D eigenvalue weighted by Crippen LogP contribution is 2.31. The molecule has 0 spiro atoms. The van der Waals surface area contributed by atoms with Gasteiger partial charge in [-0.25, -0.2) is 18.1 Å². The van der Waals surface area contributed by atoms with Crippen LogP contribution < -0.4 is 4.72 Å². The Morgan fingerprint density at radius 2 is 2.22 bits per heavy atom. The van der Waals surface area contributed by atoms with Crippen molar-refractivity contribution in [2.45, 2.75) is 18.2 Å². The highest BCUT2D eigenvalue weighted by Gasteiger charge is 2.20. The van der Waals surface area contributed by atoms with E-state index in [2.05, 4.69) is 19.7 Å². The van der Waals surface area contributed by atoms with E-state index in [-0.39, 0.29) is 4.90 Å². The van der Waals surface area contributed by atoms with Crippen molar-refractivity contribution in [1.29, 1.82) is 0 Å². The van der Waals surface area contributed by atoms with E-state index in [0.717, 1.165) is 16.3 Å². The van der Waals surface area contributed by atoms with E-state index in [9.17, 15) is 8.42 Å². The van der Waals surface area contributed by atoms with Crippen molar-refractivity contribution >= 4 is 21.4 Å². The van der Waals surface area contributed by atoms with E-state index < -0.39 is 10.0 Å². The number of H-pyrrole nitrogens is 1. The van der Waals surface area contributed by atoms with Crippen molar-refractivity contribution in [2.24, 2.45) is 0 Å². The number of aromatic nitrogens is 3. The number of rotatable bonds is 6. The molecule has 0 aliphatic carbocycles. The van der Waals surface area contributed by atoms with Crippen LogP contribution in [0.15, 0.2) is 47.2 Å². The number of sulfonamides is 1. The van der Waals surface area contributed by atoms with Crippen LogP contribution in [0.3, 0.4) is 0 Å². The fourth-order valence-corrected chi connectivity index (χ4v) is 4.34. The van der Waals surface area contributed by atoms with Crippen molar-refractivity contribution < 1.29 is 8.42 Å². The fourth-order valence-electron chi connectivity index (χ4n) is 2.31. The lowest BCUT2D eigenvalue weighted by Crippen LogP contribution is -2.23. The molecule has 0 radical (unpaired) electrons. The van der Waals surface area contributed by atoms with Crippen LogP contribution in [0.5, 0.6) is 0 Å². The molecule has 120 valence electrons. The fraction of sp³-hybridized carbons (Fsp3) is 0.200. The topological polar surface area (TPSA) is 87.7 Å². The summed E-state index contributed by atoms with van der Waals surface area (Å²) in [5.41, 5.74) is 3.23. The van der Waals surface area contributed by atoms with Gasteiger partial charge in [0, 0.05) is 37.1 Å². The third-order valence-electron chi connectivity index (χ3n) is 3.29. The highest BCUT2D eigenvalue weighted by atomic mass is 32.2. The van der Waals surface area contributed by atoms with Crippen molar-refractivity contribution in [3.8, 4) is 10.4 Å². The van der Waals surface area contributed by atoms with Gasteiger partial charge in [0.15, 0.2) is 0 Å². The molecule has 0 aliphatic heterocycles. The molecule has 0 saturated carbocycles. The summed E-state index contributed by atoms with van der Waals surface area (Å²) in [5.74, 6) is 0.794. The molecule has 23 heavy (non-hydrogen) atoms. The summed E-state index contributed by atoms with van der Waals surface area (Å²) in [4.78, 5) is 12.3. The van der Waals surface area contributed by atoms with Crippen LogP contribution in [-0.2, 0) is 16.4 Å². The van der Waals surface area contributed by atoms with Crippen LogP contribution in [0.1, 0.15) is 18.3 Å². The van der Waals surface area contributed by atoms with Gasteiger partial charge in [-0.3, -0.25) is 4.98 Å². The van der Waals surface area contributed by atoms with Gasteiger partial charge in [-0.1, -0.05) is 19.1 Å². The summed E-state index contributed by atoms with van der Waals surface area (Å²) >= 11 is 1.41. The second kappa shape index (κ2) is 6.61. The maximum Gasteiger partial charge on any atom is 0.241 e. The minimum absolute atomic E-state index is 0.271. The Balaban J connectivity index is 2.07. The third kappa shape index (κ3) is 3.49. The maximum atomic E-state index is 12.6. The maximum absolute atomic E-state index is 12.6. The van der Waals surface area contributed by atoms with E-state index in [1.807, 2.05) is 12.1 Å². The highest BCUT2D eigenvalue weighted by molar-refractivity contribution is 7.89. The van der Waals surface area contributed by atoms with Crippen LogP contribution >= 0.6 is 11.3 Å². The monoisotopic (exact) mass is 348 g/mol. The zero-order valence-corrected chi connectivity index (χ0v) is 14.1. The predicted octanol–water partition coefficient (Wildman–Crippen LogP) is 2.42. The SMILES string of the molecule is CCNS(=O)(=O)c1cc(Cc2ncc[nH]2)ccc1-c1cncs1. The average Bonchev–Trinajstić information content (AvgIpc) is 3.20. The van der Waals surface area contributed by atoms with Crippen LogP contribution in [0.4, 0.5) is 0 Å². The summed E-state index contributed by atoms with van der Waals surface area (Å²) in [5, 5.41) is 0. The van der Waals surface area contributed by atoms with Gasteiger partial charge in [0.25, 0.3) is 0 Å². The lowest BCUT2D eigenvalue weighted by molar-refractivity contribution is 0.584. The van der Waals surface area contributed by atoms with E-state index in [4.69, 9.17) is 0 Å². The predicted molar refractivity (Wildman–Crippen MR) is 89.8 cm³/mol. The Labute approximate surface area is 138 Å². The molecule has 8 heteroatoms. The van der Waals surface area contributed by atoms with Gasteiger partial charge >= 0.3 is 0 Å². The van der Waals surface area contributed by atoms with Crippen molar-refractivity contribution in [3.63, 3.8) is 0 Å². The number of benzene rings is 1. The number of nitrogens with zero attached hydrogens (tertiary/aromatic N) is 2. The van der Waals surface area contributed by atoms with Gasteiger partial charge in [0.05, 0.1) is 15.3 Å². The summed E-state index contributed by atoms with van der Waals surface area (Å²) in [7, 11) is -3.57. The van der Waals surface area contributed by atoms with Crippen LogP contribution in [0.2, 0.25) is 0 Å². The molecular formula is C15H16N4O2S2. The second-order valence-corrected chi connectivity index (χ2v) is 7.53. The molecule has 3 rings (SSSR count). The summed E-state index contributed by atoms with van der Waals surface area (Å²) in [6.45, 7) is 2.10. The van der Waals surface area contributed by atoms with Crippen molar-refractivity contribution in [3.05, 3.63) is 53.7 Å². The first kappa shape index (κ1) is 15.9. The molecule has 1 aromatic carbocycles. The average molecular weight is 348 g/mol. The molecule has 0 saturated heterocycles. The third-order valence-corrected chi connectivity index (χ3v) is 5.69. The molecule has 0 atom stereocenters. The van der Waals surface area contributed by atoms with E-state index in [1.54, 1.807) is 37.1 Å². The number of thiazole rings is 1. The smallest absolute Gasteiger partial charge is 0.241 e. The molecule has 0 amide bonds. The number of imidazole rings is 1. The molecule has 2 N–H and O–H groups in total. The summed E-state index contributed by atoms with van der Waals surface area (Å²) in [6, 6.07) is 5.45. The van der Waals surface area contributed by atoms with Gasteiger partial charge in [-0.15, -0.1) is 11.3 Å². The standard InChI is InChI=1S/C15H16N4O2S2/c1-2-19-23(20,21)14-7-11(8-15-17-5-6-18-15)3-4-12(14)13-9-16-10-22-13/h3-7,9-10,19H,2,8H2,1H3,(H,17,18). The lowest BCUT2D eigenvalue weighted by Gasteiger charge is -2.11. The van der Waals surface area contributed by atoms with Crippen molar-refractivity contribution in [1.82, 2.24) is 19.7 Å². The first-order chi connectivity index (χ1) is 11.1. The van der Waals surface area contributed by atoms with Gasteiger partial charge in [-0.2, -0.15) is 0 Å². The molecule has 0 unspecified atom stereocenters. The molecule has 2 aromatic heterocycles. The zero-order chi connectivity index (χ0) is 16.3. The summed E-state index contributed by atoms with van der Waals surface area (Å²) in [6.07, 6.45) is 5.65. The summed E-state index contributed by atoms with van der Waals surface area (Å²) < 4.78 is 27.7. The molecule has 0 bridgehead atoms. The minimum Gasteiger partial charge on any atom is -0.348 e. The van der Waals surface area contributed by atoms with Crippen molar-refractivity contribution in [2.75, 3.05) is 6.54 Å². The Morgan fingerprint density at radius 3 is 2.87 bits per heavy atom. The Bertz CT molecular complexity index is 872. The van der Waals surface area contributed by atoms with Gasteiger partial charge in [0.2, 0.25) is 10.0 Å². The largest absolute Gasteiger partial charge is 0.348 e. The molecule has 0 aliphatic rings. The number of nitrogens with one attached hydrogen (secondary N) is 2. The van der Waals surface area contributed by atoms with E-state index in [0.29, 0.717) is 18.5 Å². The number of hydrogen-bond donors (Lipinski definition) is 2. The zero-order valence-electron chi connectivity index (χ0n) is 12.5. The first-order valence-corrected chi connectivity index (χ1v) is 9.46. The van der Waals surface area contributed by atoms with Gasteiger partial charge in [-0.05, 0) is 11.6 Å². The van der Waals surface area contributed by atoms with Crippen LogP contribution in [0.25, 0.3) is 10.4 Å². The molecule has 3 aromatic rings. The number of hydrogen-bond acceptors (Lipinski definition) is 5. The Morgan fingerprint density at radius 1 is 1.35 bits per heavy atom.